The number of rotatable bonds is 0. The van der Waals surface area contributed by atoms with Crippen molar-refractivity contribution in [2.75, 3.05) is 11.9 Å². The van der Waals surface area contributed by atoms with E-state index in [-0.39, 0.29) is 5.82 Å². The average Bonchev–Trinajstić information content (AvgIpc) is 2.68. The Hall–Kier alpha value is -1.64. The largest absolute Gasteiger partial charge is 0.369 e. The minimum absolute atomic E-state index is 0.227. The van der Waals surface area contributed by atoms with Gasteiger partial charge in [-0.2, -0.15) is 0 Å². The van der Waals surface area contributed by atoms with Gasteiger partial charge in [0.1, 0.15) is 17.2 Å². The highest BCUT2D eigenvalue weighted by Crippen LogP contribution is 2.31. The number of anilines is 1. The van der Waals surface area contributed by atoms with Crippen LogP contribution in [0.15, 0.2) is 12.1 Å². The number of benzene rings is 1. The molecule has 16 heavy (non-hydrogen) atoms. The fraction of sp³-hybridized carbons (Fsp3) is 0.308. The van der Waals surface area contributed by atoms with E-state index in [1.54, 1.807) is 0 Å². The summed E-state index contributed by atoms with van der Waals surface area (Å²) in [4.78, 5) is 4.37. The Labute approximate surface area is 93.5 Å². The van der Waals surface area contributed by atoms with E-state index in [2.05, 4.69) is 17.2 Å². The summed E-state index contributed by atoms with van der Waals surface area (Å²) in [5.41, 5.74) is 3.82. The summed E-state index contributed by atoms with van der Waals surface area (Å²) >= 11 is 0. The summed E-state index contributed by atoms with van der Waals surface area (Å²) < 4.78 is 13.8. The molecule has 0 saturated carbocycles. The molecule has 82 valence electrons. The van der Waals surface area contributed by atoms with Crippen LogP contribution in [-0.2, 0) is 6.42 Å². The molecule has 1 N–H and O–H groups in total. The summed E-state index contributed by atoms with van der Waals surface area (Å²) in [6, 6.07) is 3.55. The molecule has 0 atom stereocenters. The van der Waals surface area contributed by atoms with Crippen LogP contribution in [0.5, 0.6) is 0 Å². The van der Waals surface area contributed by atoms with Crippen molar-refractivity contribution in [2.24, 2.45) is 0 Å². The number of hydrogen-bond acceptors (Lipinski definition) is 2. The fourth-order valence-electron chi connectivity index (χ4n) is 2.41. The number of halogens is 1. The molecule has 2 nitrogen and oxygen atoms in total. The maximum atomic E-state index is 13.8. The van der Waals surface area contributed by atoms with Gasteiger partial charge in [0.25, 0.3) is 0 Å². The van der Waals surface area contributed by atoms with Crippen LogP contribution in [-0.4, -0.2) is 11.5 Å². The molecule has 0 aliphatic carbocycles. The predicted molar refractivity (Wildman–Crippen MR) is 63.4 cm³/mol. The number of nitrogens with one attached hydrogen (secondary N) is 1. The van der Waals surface area contributed by atoms with E-state index >= 15 is 0 Å². The maximum absolute atomic E-state index is 13.8. The molecule has 0 radical (unpaired) electrons. The lowest BCUT2D eigenvalue weighted by Gasteiger charge is -2.09. The fourth-order valence-corrected chi connectivity index (χ4v) is 2.41. The maximum Gasteiger partial charge on any atom is 0.149 e. The normalized spacial score (nSPS) is 13.9. The van der Waals surface area contributed by atoms with E-state index in [1.807, 2.05) is 13.0 Å². The third-order valence-corrected chi connectivity index (χ3v) is 3.24. The molecule has 3 heteroatoms. The number of nitrogens with zero attached hydrogens (tertiary/aromatic N) is 1. The molecule has 0 spiro atoms. The molecule has 2 aromatic rings. The van der Waals surface area contributed by atoms with Gasteiger partial charge in [0.2, 0.25) is 0 Å². The second-order valence-electron chi connectivity index (χ2n) is 4.38. The highest BCUT2D eigenvalue weighted by Gasteiger charge is 2.18. The molecule has 1 aromatic heterocycles. The van der Waals surface area contributed by atoms with Gasteiger partial charge in [-0.3, -0.25) is 0 Å². The Morgan fingerprint density at radius 1 is 1.31 bits per heavy atom. The van der Waals surface area contributed by atoms with Gasteiger partial charge >= 0.3 is 0 Å². The van der Waals surface area contributed by atoms with Crippen LogP contribution >= 0.6 is 0 Å². The van der Waals surface area contributed by atoms with Crippen molar-refractivity contribution < 1.29 is 4.39 Å². The van der Waals surface area contributed by atoms with E-state index in [1.165, 1.54) is 11.6 Å². The lowest BCUT2D eigenvalue weighted by molar-refractivity contribution is 0.635. The number of pyridine rings is 1. The lowest BCUT2D eigenvalue weighted by atomic mass is 10.0. The van der Waals surface area contributed by atoms with Crippen molar-refractivity contribution in [1.29, 1.82) is 0 Å². The highest BCUT2D eigenvalue weighted by atomic mass is 19.1. The highest BCUT2D eigenvalue weighted by molar-refractivity contribution is 5.87. The number of aromatic nitrogens is 1. The number of fused-ring (bicyclic) bond motifs is 2. The van der Waals surface area contributed by atoms with E-state index < -0.39 is 0 Å². The molecule has 0 saturated heterocycles. The third-order valence-electron chi connectivity index (χ3n) is 3.24. The SMILES string of the molecule is Cc1cc(F)c2nc3c(c(C)c2c1)CCN3. The molecule has 1 aliphatic heterocycles. The first-order chi connectivity index (χ1) is 7.66. The molecule has 2 heterocycles. The van der Waals surface area contributed by atoms with Crippen LogP contribution in [0.2, 0.25) is 0 Å². The van der Waals surface area contributed by atoms with Crippen LogP contribution in [0.1, 0.15) is 16.7 Å². The van der Waals surface area contributed by atoms with Crippen molar-refractivity contribution in [3.63, 3.8) is 0 Å². The monoisotopic (exact) mass is 216 g/mol. The molecule has 0 unspecified atom stereocenters. The molecular formula is C13H13FN2. The molecule has 0 fully saturated rings. The quantitative estimate of drug-likeness (QED) is 0.732. The van der Waals surface area contributed by atoms with Crippen molar-refractivity contribution in [3.8, 4) is 0 Å². The van der Waals surface area contributed by atoms with Gasteiger partial charge in [-0.15, -0.1) is 0 Å². The third kappa shape index (κ3) is 1.21. The minimum atomic E-state index is -0.227. The predicted octanol–water partition coefficient (Wildman–Crippen LogP) is 2.96. The molecule has 1 aromatic carbocycles. The average molecular weight is 216 g/mol. The molecule has 0 amide bonds. The van der Waals surface area contributed by atoms with Gasteiger partial charge < -0.3 is 5.32 Å². The summed E-state index contributed by atoms with van der Waals surface area (Å²) in [5, 5.41) is 4.14. The van der Waals surface area contributed by atoms with E-state index in [0.29, 0.717) is 5.52 Å². The zero-order valence-electron chi connectivity index (χ0n) is 9.39. The van der Waals surface area contributed by atoms with Crippen molar-refractivity contribution in [2.45, 2.75) is 20.3 Å². The summed E-state index contributed by atoms with van der Waals surface area (Å²) in [6.45, 7) is 4.86. The van der Waals surface area contributed by atoms with Gasteiger partial charge in [-0.05, 0) is 49.1 Å². The van der Waals surface area contributed by atoms with Crippen molar-refractivity contribution in [3.05, 3.63) is 34.6 Å². The molecule has 3 rings (SSSR count). The zero-order chi connectivity index (χ0) is 11.3. The van der Waals surface area contributed by atoms with Crippen LogP contribution < -0.4 is 5.32 Å². The van der Waals surface area contributed by atoms with E-state index in [4.69, 9.17) is 0 Å². The minimum Gasteiger partial charge on any atom is -0.369 e. The van der Waals surface area contributed by atoms with Gasteiger partial charge in [0.05, 0.1) is 0 Å². The van der Waals surface area contributed by atoms with Crippen LogP contribution in [0, 0.1) is 19.7 Å². The van der Waals surface area contributed by atoms with E-state index in [0.717, 1.165) is 35.3 Å². The Morgan fingerprint density at radius 2 is 2.12 bits per heavy atom. The first-order valence-corrected chi connectivity index (χ1v) is 5.50. The topological polar surface area (TPSA) is 24.9 Å². The second-order valence-corrected chi connectivity index (χ2v) is 4.38. The van der Waals surface area contributed by atoms with Gasteiger partial charge in [-0.25, -0.2) is 9.37 Å². The second kappa shape index (κ2) is 3.17. The number of hydrogen-bond donors (Lipinski definition) is 1. The van der Waals surface area contributed by atoms with Crippen molar-refractivity contribution >= 4 is 16.7 Å². The summed E-state index contributed by atoms with van der Waals surface area (Å²) in [6.07, 6.45) is 0.986. The number of aryl methyl sites for hydroxylation is 2. The van der Waals surface area contributed by atoms with Gasteiger partial charge in [0.15, 0.2) is 0 Å². The van der Waals surface area contributed by atoms with Crippen LogP contribution in [0.3, 0.4) is 0 Å². The molecular weight excluding hydrogens is 203 g/mol. The summed E-state index contributed by atoms with van der Waals surface area (Å²) in [7, 11) is 0. The Bertz CT molecular complexity index is 590. The Balaban J connectivity index is 2.46. The smallest absolute Gasteiger partial charge is 0.149 e. The lowest BCUT2D eigenvalue weighted by Crippen LogP contribution is -1.96. The Kier molecular flexibility index (Phi) is 1.90. The molecule has 1 aliphatic rings. The standard InChI is InChI=1S/C13H13FN2/c1-7-5-10-8(2)9-3-4-15-13(9)16-12(10)11(14)6-7/h5-6H,3-4H2,1-2H3,(H,15,16). The van der Waals surface area contributed by atoms with Crippen LogP contribution in [0.25, 0.3) is 10.9 Å². The Morgan fingerprint density at radius 3 is 2.94 bits per heavy atom. The summed E-state index contributed by atoms with van der Waals surface area (Å²) in [5.74, 6) is 0.627. The molecule has 0 bridgehead atoms. The zero-order valence-corrected chi connectivity index (χ0v) is 9.39. The van der Waals surface area contributed by atoms with Crippen LogP contribution in [0.4, 0.5) is 10.2 Å². The first-order valence-electron chi connectivity index (χ1n) is 5.50. The van der Waals surface area contributed by atoms with E-state index in [9.17, 15) is 4.39 Å². The first kappa shape index (κ1) is 9.58. The van der Waals surface area contributed by atoms with Gasteiger partial charge in [-0.1, -0.05) is 0 Å². The van der Waals surface area contributed by atoms with Gasteiger partial charge in [0, 0.05) is 11.9 Å². The van der Waals surface area contributed by atoms with Crippen molar-refractivity contribution in [1.82, 2.24) is 4.98 Å².